The van der Waals surface area contributed by atoms with Crippen LogP contribution in [0.1, 0.15) is 53.1 Å². The molecule has 3 aromatic carbocycles. The molecule has 2 aliphatic carbocycles. The molecule has 9 rings (SSSR count). The van der Waals surface area contributed by atoms with Gasteiger partial charge in [-0.2, -0.15) is 17.0 Å². The minimum atomic E-state index is -2.16. The van der Waals surface area contributed by atoms with E-state index in [4.69, 9.17) is 37.9 Å². The Bertz CT molecular complexity index is 2570. The summed E-state index contributed by atoms with van der Waals surface area (Å²) in [6.07, 6.45) is 0.886. The number of piperazine rings is 1. The third-order valence-electron chi connectivity index (χ3n) is 14.1. The van der Waals surface area contributed by atoms with Crippen molar-refractivity contribution in [3.8, 4) is 28.7 Å². The van der Waals surface area contributed by atoms with Crippen LogP contribution in [-0.4, -0.2) is 141 Å². The fourth-order valence-electron chi connectivity index (χ4n) is 11.2. The lowest BCUT2D eigenvalue weighted by Gasteiger charge is -2.62. The van der Waals surface area contributed by atoms with Gasteiger partial charge in [0.25, 0.3) is 0 Å². The van der Waals surface area contributed by atoms with Gasteiger partial charge in [-0.15, -0.1) is 0 Å². The first kappa shape index (κ1) is 47.2. The molecule has 0 aromatic heterocycles. The molecule has 2 unspecified atom stereocenters. The van der Waals surface area contributed by atoms with E-state index < -0.39 is 66.3 Å². The molecule has 17 heteroatoms. The summed E-state index contributed by atoms with van der Waals surface area (Å²) < 4.78 is 46.8. The SMILES string of the molecule is C=CCOC(=O)N[C@H](CSCC1c2ccccc2-c2ccccc21)C(=O)OC[C@H]1C2=C3OCOC3=C(C)C(=O)C2(O)CC2[C@@H]3c4c(cc(C)c(OC)c4OCOCCOC)C[C@@H]([C@H](C#N)N21)N3C. The highest BCUT2D eigenvalue weighted by Gasteiger charge is 2.64. The van der Waals surface area contributed by atoms with Crippen LogP contribution in [-0.2, 0) is 44.4 Å². The highest BCUT2D eigenvalue weighted by Crippen LogP contribution is 2.57. The van der Waals surface area contributed by atoms with E-state index in [0.717, 1.165) is 16.7 Å². The number of esters is 1. The largest absolute Gasteiger partial charge is 0.493 e. The normalized spacial score (nSPS) is 25.0. The van der Waals surface area contributed by atoms with Crippen molar-refractivity contribution in [2.24, 2.45) is 0 Å². The number of ether oxygens (including phenoxy) is 8. The molecule has 4 heterocycles. The Morgan fingerprint density at radius 1 is 1.04 bits per heavy atom. The summed E-state index contributed by atoms with van der Waals surface area (Å²) in [6, 6.07) is 16.4. The van der Waals surface area contributed by atoms with Gasteiger partial charge in [0.05, 0.1) is 38.5 Å². The van der Waals surface area contributed by atoms with E-state index in [-0.39, 0.29) is 60.9 Å². The lowest BCUT2D eigenvalue weighted by atomic mass is 9.65. The van der Waals surface area contributed by atoms with Crippen molar-refractivity contribution in [3.63, 3.8) is 0 Å². The van der Waals surface area contributed by atoms with Crippen molar-refractivity contribution in [1.29, 1.82) is 5.26 Å². The number of ketones is 1. The zero-order valence-electron chi connectivity index (χ0n) is 38.8. The van der Waals surface area contributed by atoms with Crippen molar-refractivity contribution < 1.29 is 57.4 Å². The van der Waals surface area contributed by atoms with E-state index in [0.29, 0.717) is 36.9 Å². The number of benzene rings is 3. The van der Waals surface area contributed by atoms with Crippen LogP contribution in [0, 0.1) is 18.3 Å². The number of alkyl carbamates (subject to hydrolysis) is 1. The second kappa shape index (κ2) is 19.6. The highest BCUT2D eigenvalue weighted by molar-refractivity contribution is 7.99. The Kier molecular flexibility index (Phi) is 13.6. The zero-order chi connectivity index (χ0) is 47.9. The number of Topliss-reactive ketones (excluding diaryl/α,β-unsaturated/α-hetero) is 1. The molecule has 2 N–H and O–H groups in total. The first-order valence-corrected chi connectivity index (χ1v) is 23.9. The molecule has 0 spiro atoms. The lowest BCUT2D eigenvalue weighted by Crippen LogP contribution is -2.74. The van der Waals surface area contributed by atoms with Crippen LogP contribution in [0.15, 0.2) is 89.9 Å². The maximum Gasteiger partial charge on any atom is 0.408 e. The number of fused-ring (bicyclic) bond motifs is 11. The van der Waals surface area contributed by atoms with E-state index in [9.17, 15) is 24.8 Å². The fourth-order valence-corrected chi connectivity index (χ4v) is 12.4. The minimum Gasteiger partial charge on any atom is -0.493 e. The average molecular weight is 949 g/mol. The molecule has 1 amide bonds. The molecule has 0 radical (unpaired) electrons. The van der Waals surface area contributed by atoms with Gasteiger partial charge in [-0.05, 0) is 60.7 Å². The number of nitrogens with one attached hydrogen (secondary N) is 1. The standard InChI is InChI=1S/C51H56N4O12S/c1-7-16-63-50(58)53-36(25-68-24-35-33-14-10-8-12-31(33)32-13-9-11-15-34(32)35)49(57)64-23-40-42-47-45(66-27-67-47)29(3)48(56)51(42,59)21-38-43-41-30(20-37(54(43)4)39(22-52)55(38)40)19-28(2)44(61-6)46(41)65-26-62-18-17-60-5/h7-15,19,35-40,43,59H,1,16-18,20-21,23-27H2,2-6H3,(H,53,58)/t36-,37+,38?,39+,40+,43-,51?/m1/s1. The lowest BCUT2D eigenvalue weighted by molar-refractivity contribution is -0.159. The molecule has 4 aliphatic heterocycles. The highest BCUT2D eigenvalue weighted by atomic mass is 32.2. The van der Waals surface area contributed by atoms with Gasteiger partial charge in [0.2, 0.25) is 6.79 Å². The number of likely N-dealkylation sites (N-methyl/N-ethyl adjacent to an activating group) is 1. The summed E-state index contributed by atoms with van der Waals surface area (Å²) >= 11 is 1.49. The van der Waals surface area contributed by atoms with Gasteiger partial charge in [0.1, 0.15) is 25.3 Å². The van der Waals surface area contributed by atoms with Gasteiger partial charge < -0.3 is 48.3 Å². The Morgan fingerprint density at radius 2 is 1.76 bits per heavy atom. The second-order valence-electron chi connectivity index (χ2n) is 17.8. The summed E-state index contributed by atoms with van der Waals surface area (Å²) in [4.78, 5) is 46.4. The third-order valence-corrected chi connectivity index (χ3v) is 15.2. The Hall–Kier alpha value is -5.87. The number of thioether (sulfide) groups is 1. The molecule has 2 bridgehead atoms. The van der Waals surface area contributed by atoms with E-state index in [2.05, 4.69) is 47.1 Å². The van der Waals surface area contributed by atoms with Crippen molar-refractivity contribution in [2.45, 2.75) is 74.5 Å². The molecule has 7 atom stereocenters. The maximum absolute atomic E-state index is 14.6. The monoisotopic (exact) mass is 948 g/mol. The van der Waals surface area contributed by atoms with Gasteiger partial charge in [-0.3, -0.25) is 14.6 Å². The van der Waals surface area contributed by atoms with Crippen LogP contribution in [0.3, 0.4) is 0 Å². The molecular formula is C51H56N4O12S. The summed E-state index contributed by atoms with van der Waals surface area (Å²) in [5.41, 5.74) is 5.42. The quantitative estimate of drug-likeness (QED) is 0.0751. The van der Waals surface area contributed by atoms with Crippen molar-refractivity contribution in [1.82, 2.24) is 15.1 Å². The number of amides is 1. The smallest absolute Gasteiger partial charge is 0.408 e. The number of nitriles is 1. The molecule has 3 fully saturated rings. The van der Waals surface area contributed by atoms with Crippen LogP contribution in [0.2, 0.25) is 0 Å². The third kappa shape index (κ3) is 8.10. The Labute approximate surface area is 399 Å². The first-order valence-electron chi connectivity index (χ1n) is 22.7. The maximum atomic E-state index is 14.6. The van der Waals surface area contributed by atoms with Crippen LogP contribution in [0.25, 0.3) is 11.1 Å². The predicted molar refractivity (Wildman–Crippen MR) is 250 cm³/mol. The van der Waals surface area contributed by atoms with Crippen LogP contribution >= 0.6 is 11.8 Å². The number of carbonyl (C=O) groups excluding carboxylic acids is 3. The number of carbonyl (C=O) groups is 3. The zero-order valence-corrected chi connectivity index (χ0v) is 39.6. The summed E-state index contributed by atoms with van der Waals surface area (Å²) in [6.45, 7) is 6.99. The van der Waals surface area contributed by atoms with E-state index in [1.54, 1.807) is 21.1 Å². The summed E-state index contributed by atoms with van der Waals surface area (Å²) in [7, 11) is 5.08. The van der Waals surface area contributed by atoms with Gasteiger partial charge in [-0.1, -0.05) is 67.3 Å². The van der Waals surface area contributed by atoms with Gasteiger partial charge in [0.15, 0.2) is 41.2 Å². The van der Waals surface area contributed by atoms with Crippen LogP contribution < -0.4 is 14.8 Å². The van der Waals surface area contributed by atoms with E-state index >= 15 is 0 Å². The minimum absolute atomic E-state index is 0.0490. The van der Waals surface area contributed by atoms with Crippen LogP contribution in [0.4, 0.5) is 4.79 Å². The van der Waals surface area contributed by atoms with Crippen molar-refractivity contribution >= 4 is 29.6 Å². The number of methoxy groups -OCH3 is 2. The Balaban J connectivity index is 1.07. The molecule has 6 aliphatic rings. The Morgan fingerprint density at radius 3 is 2.46 bits per heavy atom. The molecular weight excluding hydrogens is 893 g/mol. The summed E-state index contributed by atoms with van der Waals surface area (Å²) in [5, 5.41) is 26.9. The molecule has 68 heavy (non-hydrogen) atoms. The number of nitrogens with zero attached hydrogens (tertiary/aromatic N) is 3. The summed E-state index contributed by atoms with van der Waals surface area (Å²) in [5.74, 6) is 0.749. The van der Waals surface area contributed by atoms with Crippen molar-refractivity contribution in [2.75, 3.05) is 72.8 Å². The van der Waals surface area contributed by atoms with Gasteiger partial charge in [0, 0.05) is 59.7 Å². The van der Waals surface area contributed by atoms with E-state index in [1.165, 1.54) is 40.1 Å². The fraction of sp³-hybridized carbons (Fsp3) is 0.451. The van der Waals surface area contributed by atoms with Gasteiger partial charge in [-0.25, -0.2) is 9.59 Å². The number of rotatable bonds is 17. The molecule has 3 saturated heterocycles. The van der Waals surface area contributed by atoms with Gasteiger partial charge >= 0.3 is 12.1 Å². The molecule has 3 aromatic rings. The molecule has 358 valence electrons. The number of hydrogen-bond acceptors (Lipinski definition) is 16. The number of hydrogen-bond donors (Lipinski definition) is 2. The topological polar surface area (TPSA) is 188 Å². The van der Waals surface area contributed by atoms with Crippen molar-refractivity contribution in [3.05, 3.63) is 118 Å². The van der Waals surface area contributed by atoms with Crippen LogP contribution in [0.5, 0.6) is 11.5 Å². The average Bonchev–Trinajstić information content (AvgIpc) is 3.95. The number of aliphatic hydroxyl groups is 1. The predicted octanol–water partition coefficient (Wildman–Crippen LogP) is 5.47. The van der Waals surface area contributed by atoms with E-state index in [1.807, 2.05) is 49.2 Å². The molecule has 0 saturated carbocycles. The number of aryl methyl sites for hydroxylation is 1. The molecule has 16 nitrogen and oxygen atoms in total. The first-order chi connectivity index (χ1) is 33.0. The number of piperidine rings is 1. The second-order valence-corrected chi connectivity index (χ2v) is 18.8.